The van der Waals surface area contributed by atoms with Crippen LogP contribution in [0.5, 0.6) is 11.5 Å². The Kier molecular flexibility index (Phi) is 9.32. The van der Waals surface area contributed by atoms with Crippen molar-refractivity contribution in [1.82, 2.24) is 0 Å². The molecule has 0 saturated carbocycles. The van der Waals surface area contributed by atoms with Gasteiger partial charge < -0.3 is 36.8 Å². The fourth-order valence-corrected chi connectivity index (χ4v) is 8.41. The van der Waals surface area contributed by atoms with Crippen LogP contribution in [0.25, 0.3) is 21.9 Å². The van der Waals surface area contributed by atoms with Gasteiger partial charge in [-0.25, -0.2) is 4.99 Å². The second-order valence-electron chi connectivity index (χ2n) is 15.7. The van der Waals surface area contributed by atoms with Gasteiger partial charge in [0.2, 0.25) is 12.2 Å². The van der Waals surface area contributed by atoms with E-state index in [2.05, 4.69) is 41.5 Å². The molecule has 3 aliphatic rings. The maximum Gasteiger partial charge on any atom is 0.387 e. The Morgan fingerprint density at radius 2 is 1.28 bits per heavy atom. The van der Waals surface area contributed by atoms with E-state index in [-0.39, 0.29) is 17.4 Å². The molecule has 0 bridgehead atoms. The van der Waals surface area contributed by atoms with Gasteiger partial charge in [0.25, 0.3) is 0 Å². The van der Waals surface area contributed by atoms with Crippen molar-refractivity contribution in [3.63, 3.8) is 0 Å². The molecule has 0 aliphatic carbocycles. The van der Waals surface area contributed by atoms with Crippen molar-refractivity contribution in [2.24, 2.45) is 4.99 Å². The summed E-state index contributed by atoms with van der Waals surface area (Å²) in [6, 6.07) is 27.1. The molecule has 8 rings (SSSR count). The number of methoxy groups -OCH3 is 2. The molecule has 53 heavy (non-hydrogen) atoms. The molecule has 1 aromatic heterocycles. The maximum atomic E-state index is 7.14. The number of benzene rings is 4. The molecule has 11 heteroatoms. The molecule has 6 atom stereocenters. The van der Waals surface area contributed by atoms with Crippen molar-refractivity contribution < 1.29 is 41.3 Å². The quantitative estimate of drug-likeness (QED) is 0.169. The van der Waals surface area contributed by atoms with Crippen molar-refractivity contribution in [3.05, 3.63) is 107 Å². The number of fused-ring (bicyclic) bond motifs is 5. The average molecular weight is 740 g/mol. The molecule has 0 spiro atoms. The smallest absolute Gasteiger partial charge is 0.387 e. The number of ether oxygens (including phenoxy) is 6. The van der Waals surface area contributed by atoms with Crippen LogP contribution in [0, 0.1) is 0 Å². The Balaban J connectivity index is 1.35. The van der Waals surface area contributed by atoms with Crippen LogP contribution in [0.15, 0.2) is 98.3 Å². The molecule has 0 unspecified atom stereocenters. The van der Waals surface area contributed by atoms with Crippen LogP contribution < -0.4 is 14.0 Å². The molecular weight excluding hydrogens is 693 g/mol. The molecule has 2 fully saturated rings. The molecule has 3 aliphatic heterocycles. The first kappa shape index (κ1) is 35.7. The van der Waals surface area contributed by atoms with Crippen LogP contribution in [0.1, 0.15) is 70.1 Å². The first-order valence-corrected chi connectivity index (χ1v) is 19.1. The zero-order valence-corrected chi connectivity index (χ0v) is 32.2. The van der Waals surface area contributed by atoms with E-state index >= 15 is 0 Å². The normalized spacial score (nSPS) is 24.3. The van der Waals surface area contributed by atoms with E-state index in [9.17, 15) is 0 Å². The van der Waals surface area contributed by atoms with Gasteiger partial charge in [0, 0.05) is 33.0 Å². The molecule has 4 heterocycles. The maximum absolute atomic E-state index is 7.14. The lowest BCUT2D eigenvalue weighted by Crippen LogP contribution is -2.62. The molecule has 0 radical (unpaired) electrons. The molecule has 278 valence electrons. The Bertz CT molecular complexity index is 2110. The largest absolute Gasteiger partial charge is 0.497 e. The highest BCUT2D eigenvalue weighted by atomic mass is 31.1. The lowest BCUT2D eigenvalue weighted by atomic mass is 9.84. The van der Waals surface area contributed by atoms with Gasteiger partial charge in [-0.3, -0.25) is 4.52 Å². The standard InChI is InChI=1S/C42H46NO9P/c1-41(2,3)30-21-26(44-7)19-28-29-20-27(45-8)22-31(42(4,5)6)35(29)51-53(50-34(28)30)52-37-33-40(49-38(43-33)24-15-11-9-12-16-24)47-32-23-46-39(48-36(32)37)25-17-13-10-14-18-25/h9-22,32-33,36-37,39-40H,23H2,1-8H3/t32-,33-,36-,37-,39-,40-/m1/s1. The first-order chi connectivity index (χ1) is 25.4. The SMILES string of the molecule is COc1cc(C(C)(C)C)c2op(O[C@@H]3[C@H]4N=C(c5ccccc5)O[C@H]4O[C@@H]4CO[C@@H](c5ccccc5)O[C@@H]34)oc3c(C(C)(C)C)cc(OC)cc3c2c1. The van der Waals surface area contributed by atoms with Gasteiger partial charge in [0.15, 0.2) is 6.29 Å². The minimum absolute atomic E-state index is 0.268. The predicted molar refractivity (Wildman–Crippen MR) is 204 cm³/mol. The number of nitrogens with zero attached hydrogens (tertiary/aromatic N) is 1. The Morgan fingerprint density at radius 3 is 1.83 bits per heavy atom. The summed E-state index contributed by atoms with van der Waals surface area (Å²) in [4.78, 5) is 5.08. The van der Waals surface area contributed by atoms with Gasteiger partial charge >= 0.3 is 8.24 Å². The lowest BCUT2D eigenvalue weighted by Gasteiger charge is -2.45. The van der Waals surface area contributed by atoms with E-state index in [4.69, 9.17) is 46.3 Å². The molecule has 0 N–H and O–H groups in total. The minimum atomic E-state index is -2.12. The van der Waals surface area contributed by atoms with Crippen molar-refractivity contribution >= 4 is 36.1 Å². The number of rotatable bonds is 6. The summed E-state index contributed by atoms with van der Waals surface area (Å²) >= 11 is 0. The second-order valence-corrected chi connectivity index (χ2v) is 16.7. The fourth-order valence-electron chi connectivity index (χ4n) is 7.15. The Morgan fingerprint density at radius 1 is 0.717 bits per heavy atom. The number of aliphatic imine (C=N–C) groups is 1. The Labute approximate surface area is 310 Å². The molecule has 2 saturated heterocycles. The third-order valence-corrected chi connectivity index (χ3v) is 11.0. The molecule has 0 amide bonds. The van der Waals surface area contributed by atoms with Crippen LogP contribution in [0.4, 0.5) is 0 Å². The summed E-state index contributed by atoms with van der Waals surface area (Å²) in [6.07, 6.45) is -3.16. The highest BCUT2D eigenvalue weighted by Crippen LogP contribution is 2.47. The summed E-state index contributed by atoms with van der Waals surface area (Å²) in [5.74, 6) is 1.89. The zero-order valence-electron chi connectivity index (χ0n) is 31.3. The monoisotopic (exact) mass is 739 g/mol. The van der Waals surface area contributed by atoms with Crippen molar-refractivity contribution in [3.8, 4) is 11.5 Å². The van der Waals surface area contributed by atoms with Crippen LogP contribution >= 0.6 is 8.24 Å². The van der Waals surface area contributed by atoms with Crippen molar-refractivity contribution in [2.45, 2.75) is 89.3 Å². The van der Waals surface area contributed by atoms with E-state index in [1.54, 1.807) is 14.2 Å². The molecule has 5 aromatic rings. The summed E-state index contributed by atoms with van der Waals surface area (Å²) in [7, 11) is 1.22. The average Bonchev–Trinajstić information content (AvgIpc) is 3.51. The second kappa shape index (κ2) is 13.8. The first-order valence-electron chi connectivity index (χ1n) is 18.0. The summed E-state index contributed by atoms with van der Waals surface area (Å²) in [5, 5.41) is 1.65. The van der Waals surface area contributed by atoms with Gasteiger partial charge in [-0.15, -0.1) is 0 Å². The summed E-state index contributed by atoms with van der Waals surface area (Å²) in [6.45, 7) is 13.2. The third kappa shape index (κ3) is 6.83. The highest BCUT2D eigenvalue weighted by Gasteiger charge is 2.55. The van der Waals surface area contributed by atoms with Gasteiger partial charge in [-0.2, -0.15) is 0 Å². The van der Waals surface area contributed by atoms with Crippen LogP contribution in [0.2, 0.25) is 0 Å². The van der Waals surface area contributed by atoms with E-state index in [0.29, 0.717) is 28.6 Å². The van der Waals surface area contributed by atoms with Gasteiger partial charge in [0.1, 0.15) is 47.0 Å². The molecule has 4 aromatic carbocycles. The van der Waals surface area contributed by atoms with E-state index in [1.165, 1.54) is 0 Å². The fraction of sp³-hybridized carbons (Fsp3) is 0.405. The van der Waals surface area contributed by atoms with Crippen LogP contribution in [-0.4, -0.2) is 57.4 Å². The van der Waals surface area contributed by atoms with E-state index in [1.807, 2.05) is 84.9 Å². The van der Waals surface area contributed by atoms with Crippen LogP contribution in [-0.2, 0) is 29.8 Å². The molecular formula is C42H46NO9P. The summed E-state index contributed by atoms with van der Waals surface area (Å²) < 4.78 is 58.7. The van der Waals surface area contributed by atoms with Crippen molar-refractivity contribution in [1.29, 1.82) is 0 Å². The summed E-state index contributed by atoms with van der Waals surface area (Å²) in [5.41, 5.74) is 4.28. The van der Waals surface area contributed by atoms with E-state index < -0.39 is 45.2 Å². The zero-order chi connectivity index (χ0) is 37.1. The highest BCUT2D eigenvalue weighted by molar-refractivity contribution is 7.31. The van der Waals surface area contributed by atoms with Gasteiger partial charge in [-0.1, -0.05) is 90.1 Å². The molecule has 10 nitrogen and oxygen atoms in total. The lowest BCUT2D eigenvalue weighted by molar-refractivity contribution is -0.324. The van der Waals surface area contributed by atoms with Gasteiger partial charge in [-0.05, 0) is 47.2 Å². The third-order valence-electron chi connectivity index (χ3n) is 9.94. The topological polar surface area (TPSA) is 103 Å². The minimum Gasteiger partial charge on any atom is -0.497 e. The van der Waals surface area contributed by atoms with Gasteiger partial charge in [0.05, 0.1) is 20.8 Å². The number of hydrogen-bond donors (Lipinski definition) is 0. The van der Waals surface area contributed by atoms with E-state index in [0.717, 1.165) is 33.0 Å². The predicted octanol–water partition coefficient (Wildman–Crippen LogP) is 9.38. The number of hydrogen-bond acceptors (Lipinski definition) is 10. The van der Waals surface area contributed by atoms with Crippen molar-refractivity contribution in [2.75, 3.05) is 20.8 Å². The Hall–Kier alpha value is -4.31. The van der Waals surface area contributed by atoms with Crippen LogP contribution in [0.3, 0.4) is 0 Å².